The number of aromatic nitrogens is 1. The first-order valence-electron chi connectivity index (χ1n) is 8.36. The van der Waals surface area contributed by atoms with Gasteiger partial charge < -0.3 is 15.4 Å². The van der Waals surface area contributed by atoms with Crippen molar-refractivity contribution >= 4 is 23.2 Å². The average Bonchev–Trinajstić information content (AvgIpc) is 2.70. The molecule has 2 amide bonds. The fraction of sp³-hybridized carbons (Fsp3) is 0.0952. The van der Waals surface area contributed by atoms with E-state index in [4.69, 9.17) is 4.74 Å². The van der Waals surface area contributed by atoms with Crippen LogP contribution < -0.4 is 10.6 Å². The number of anilines is 2. The first-order chi connectivity index (χ1) is 13.2. The number of carbonyl (C=O) groups is 2. The van der Waals surface area contributed by atoms with Crippen LogP contribution in [0.5, 0.6) is 0 Å². The summed E-state index contributed by atoms with van der Waals surface area (Å²) in [4.78, 5) is 28.5. The number of hydrogen-bond acceptors (Lipinski definition) is 4. The molecule has 6 heteroatoms. The predicted octanol–water partition coefficient (Wildman–Crippen LogP) is 3.73. The fourth-order valence-corrected chi connectivity index (χ4v) is 2.47. The summed E-state index contributed by atoms with van der Waals surface area (Å²) < 4.78 is 5.06. The second kappa shape index (κ2) is 8.73. The molecule has 0 unspecified atom stereocenters. The van der Waals surface area contributed by atoms with Gasteiger partial charge in [0.1, 0.15) is 0 Å². The number of pyridine rings is 1. The molecule has 0 aliphatic carbocycles. The van der Waals surface area contributed by atoms with Crippen molar-refractivity contribution in [2.75, 3.05) is 17.7 Å². The predicted molar refractivity (Wildman–Crippen MR) is 104 cm³/mol. The van der Waals surface area contributed by atoms with E-state index in [9.17, 15) is 9.59 Å². The molecular formula is C21H19N3O3. The van der Waals surface area contributed by atoms with E-state index in [1.54, 1.807) is 68.0 Å². The largest absolute Gasteiger partial charge is 0.380 e. The Hall–Kier alpha value is -3.51. The summed E-state index contributed by atoms with van der Waals surface area (Å²) >= 11 is 0. The lowest BCUT2D eigenvalue weighted by atomic mass is 10.1. The van der Waals surface area contributed by atoms with E-state index < -0.39 is 0 Å². The van der Waals surface area contributed by atoms with Gasteiger partial charge in [-0.1, -0.05) is 12.1 Å². The van der Waals surface area contributed by atoms with E-state index in [1.807, 2.05) is 12.1 Å². The van der Waals surface area contributed by atoms with Gasteiger partial charge in [0.25, 0.3) is 11.8 Å². The minimum Gasteiger partial charge on any atom is -0.380 e. The summed E-state index contributed by atoms with van der Waals surface area (Å²) in [5, 5.41) is 5.57. The fourth-order valence-electron chi connectivity index (χ4n) is 2.47. The van der Waals surface area contributed by atoms with Gasteiger partial charge in [0.2, 0.25) is 0 Å². The average molecular weight is 361 g/mol. The molecule has 0 saturated heterocycles. The van der Waals surface area contributed by atoms with Crippen LogP contribution in [0.2, 0.25) is 0 Å². The molecule has 1 heterocycles. The summed E-state index contributed by atoms with van der Waals surface area (Å²) in [6.45, 7) is 0.504. The molecule has 3 aromatic rings. The molecule has 3 rings (SSSR count). The number of amides is 2. The second-order valence-electron chi connectivity index (χ2n) is 5.86. The van der Waals surface area contributed by atoms with E-state index in [0.717, 1.165) is 5.56 Å². The number of carbonyl (C=O) groups excluding carboxylic acids is 2. The van der Waals surface area contributed by atoms with Crippen molar-refractivity contribution in [3.05, 3.63) is 89.7 Å². The Morgan fingerprint density at radius 1 is 0.852 bits per heavy atom. The zero-order chi connectivity index (χ0) is 19.1. The first-order valence-corrected chi connectivity index (χ1v) is 8.36. The van der Waals surface area contributed by atoms with Crippen LogP contribution in [0.25, 0.3) is 0 Å². The Morgan fingerprint density at radius 3 is 2.00 bits per heavy atom. The van der Waals surface area contributed by atoms with Crippen molar-refractivity contribution in [3.63, 3.8) is 0 Å². The van der Waals surface area contributed by atoms with Crippen LogP contribution in [-0.4, -0.2) is 23.9 Å². The topological polar surface area (TPSA) is 80.3 Å². The van der Waals surface area contributed by atoms with Crippen molar-refractivity contribution in [2.24, 2.45) is 0 Å². The molecule has 0 spiro atoms. The maximum absolute atomic E-state index is 12.3. The molecule has 0 aliphatic heterocycles. The van der Waals surface area contributed by atoms with Gasteiger partial charge in [-0.25, -0.2) is 0 Å². The zero-order valence-corrected chi connectivity index (χ0v) is 14.8. The van der Waals surface area contributed by atoms with Gasteiger partial charge in [-0.15, -0.1) is 0 Å². The Labute approximate surface area is 157 Å². The van der Waals surface area contributed by atoms with E-state index in [-0.39, 0.29) is 11.8 Å². The number of methoxy groups -OCH3 is 1. The van der Waals surface area contributed by atoms with Crippen molar-refractivity contribution in [2.45, 2.75) is 6.61 Å². The minimum atomic E-state index is -0.241. The molecule has 136 valence electrons. The van der Waals surface area contributed by atoms with Gasteiger partial charge in [0.05, 0.1) is 18.5 Å². The van der Waals surface area contributed by atoms with Gasteiger partial charge in [-0.3, -0.25) is 14.6 Å². The number of nitrogens with zero attached hydrogens (tertiary/aromatic N) is 1. The van der Waals surface area contributed by atoms with Crippen LogP contribution in [0.4, 0.5) is 11.4 Å². The van der Waals surface area contributed by atoms with Crippen LogP contribution >= 0.6 is 0 Å². The van der Waals surface area contributed by atoms with Crippen molar-refractivity contribution in [1.82, 2.24) is 4.98 Å². The molecule has 2 aromatic carbocycles. The lowest BCUT2D eigenvalue weighted by molar-refractivity contribution is 0.102. The third-order valence-corrected chi connectivity index (χ3v) is 3.85. The third-order valence-electron chi connectivity index (χ3n) is 3.85. The molecule has 1 aromatic heterocycles. The quantitative estimate of drug-likeness (QED) is 0.701. The Bertz CT molecular complexity index is 908. The molecule has 0 bridgehead atoms. The van der Waals surface area contributed by atoms with Gasteiger partial charge in [-0.2, -0.15) is 0 Å². The third kappa shape index (κ3) is 4.99. The van der Waals surface area contributed by atoms with Gasteiger partial charge in [-0.05, 0) is 54.1 Å². The lowest BCUT2D eigenvalue weighted by Crippen LogP contribution is -2.13. The molecule has 0 saturated carbocycles. The minimum absolute atomic E-state index is 0.216. The highest BCUT2D eigenvalue weighted by atomic mass is 16.5. The summed E-state index contributed by atoms with van der Waals surface area (Å²) in [6, 6.07) is 17.4. The van der Waals surface area contributed by atoms with Crippen LogP contribution in [0.1, 0.15) is 26.3 Å². The summed E-state index contributed by atoms with van der Waals surface area (Å²) in [6.07, 6.45) is 3.21. The molecule has 27 heavy (non-hydrogen) atoms. The monoisotopic (exact) mass is 361 g/mol. The summed E-state index contributed by atoms with van der Waals surface area (Å²) in [5.74, 6) is -0.457. The highest BCUT2D eigenvalue weighted by Crippen LogP contribution is 2.14. The van der Waals surface area contributed by atoms with Gasteiger partial charge in [0.15, 0.2) is 0 Å². The van der Waals surface area contributed by atoms with Crippen molar-refractivity contribution < 1.29 is 14.3 Å². The molecule has 0 radical (unpaired) electrons. The first kappa shape index (κ1) is 18.3. The highest BCUT2D eigenvalue weighted by molar-refractivity contribution is 6.06. The lowest BCUT2D eigenvalue weighted by Gasteiger charge is -2.08. The van der Waals surface area contributed by atoms with Gasteiger partial charge in [0, 0.05) is 30.1 Å². The molecule has 6 nitrogen and oxygen atoms in total. The molecule has 0 fully saturated rings. The molecular weight excluding hydrogens is 342 g/mol. The zero-order valence-electron chi connectivity index (χ0n) is 14.8. The van der Waals surface area contributed by atoms with E-state index in [0.29, 0.717) is 29.1 Å². The molecule has 2 N–H and O–H groups in total. The number of hydrogen-bond donors (Lipinski definition) is 2. The highest BCUT2D eigenvalue weighted by Gasteiger charge is 2.09. The normalized spacial score (nSPS) is 10.3. The standard InChI is InChI=1S/C21H19N3O3/c1-27-14-15-4-6-16(7-5-15)20(25)23-18-10-8-17(9-11-18)21(26)24-19-3-2-12-22-13-19/h2-13H,14H2,1H3,(H,23,25)(H,24,26). The van der Waals surface area contributed by atoms with Crippen LogP contribution in [0, 0.1) is 0 Å². The smallest absolute Gasteiger partial charge is 0.255 e. The van der Waals surface area contributed by atoms with Crippen molar-refractivity contribution in [3.8, 4) is 0 Å². The summed E-state index contributed by atoms with van der Waals surface area (Å²) in [7, 11) is 1.63. The van der Waals surface area contributed by atoms with Crippen molar-refractivity contribution in [1.29, 1.82) is 0 Å². The SMILES string of the molecule is COCc1ccc(C(=O)Nc2ccc(C(=O)Nc3cccnc3)cc2)cc1. The van der Waals surface area contributed by atoms with E-state index in [1.165, 1.54) is 0 Å². The number of ether oxygens (including phenoxy) is 1. The van der Waals surface area contributed by atoms with Crippen LogP contribution in [-0.2, 0) is 11.3 Å². The van der Waals surface area contributed by atoms with Crippen LogP contribution in [0.3, 0.4) is 0 Å². The second-order valence-corrected chi connectivity index (χ2v) is 5.86. The number of nitrogens with one attached hydrogen (secondary N) is 2. The molecule has 0 atom stereocenters. The summed E-state index contributed by atoms with van der Waals surface area (Å²) in [5.41, 5.74) is 3.27. The Balaban J connectivity index is 1.61. The maximum Gasteiger partial charge on any atom is 0.255 e. The van der Waals surface area contributed by atoms with E-state index >= 15 is 0 Å². The van der Waals surface area contributed by atoms with Crippen LogP contribution in [0.15, 0.2) is 73.1 Å². The van der Waals surface area contributed by atoms with E-state index in [2.05, 4.69) is 15.6 Å². The Morgan fingerprint density at radius 2 is 1.44 bits per heavy atom. The number of benzene rings is 2. The maximum atomic E-state index is 12.3. The molecule has 0 aliphatic rings. The van der Waals surface area contributed by atoms with Gasteiger partial charge >= 0.3 is 0 Å². The Kier molecular flexibility index (Phi) is 5.91. The number of rotatable bonds is 6.